The van der Waals surface area contributed by atoms with E-state index in [-0.39, 0.29) is 11.3 Å². The van der Waals surface area contributed by atoms with E-state index in [1.165, 1.54) is 0 Å². The van der Waals surface area contributed by atoms with Crippen LogP contribution < -0.4 is 10.7 Å². The van der Waals surface area contributed by atoms with E-state index >= 15 is 0 Å². The number of rotatable bonds is 5. The number of aromatic nitrogens is 1. The number of amides is 1. The van der Waals surface area contributed by atoms with Gasteiger partial charge in [0.1, 0.15) is 0 Å². The highest BCUT2D eigenvalue weighted by Crippen LogP contribution is 2.12. The maximum atomic E-state index is 12.4. The normalized spacial score (nSPS) is 10.7. The molecule has 4 nitrogen and oxygen atoms in total. The van der Waals surface area contributed by atoms with Gasteiger partial charge in [0.05, 0.1) is 0 Å². The summed E-state index contributed by atoms with van der Waals surface area (Å²) in [4.78, 5) is 27.3. The molecule has 0 aliphatic carbocycles. The summed E-state index contributed by atoms with van der Waals surface area (Å²) >= 11 is 0. The first-order valence-corrected chi connectivity index (χ1v) is 7.00. The van der Waals surface area contributed by atoms with E-state index in [1.54, 1.807) is 0 Å². The van der Waals surface area contributed by atoms with Gasteiger partial charge >= 0.3 is 0 Å². The number of benzene rings is 1. The Bertz CT molecular complexity index is 674. The maximum absolute atomic E-state index is 12.4. The molecule has 0 aliphatic heterocycles. The summed E-state index contributed by atoms with van der Waals surface area (Å²) in [5, 5.41) is 3.51. The van der Waals surface area contributed by atoms with Crippen LogP contribution in [0.25, 0.3) is 10.9 Å². The molecule has 1 aromatic carbocycles. The largest absolute Gasteiger partial charge is 0.358 e. The molecule has 2 aromatic rings. The number of aromatic amines is 1. The number of pyridine rings is 1. The van der Waals surface area contributed by atoms with Crippen molar-refractivity contribution in [3.05, 3.63) is 45.7 Å². The zero-order valence-corrected chi connectivity index (χ0v) is 12.0. The Morgan fingerprint density at radius 3 is 2.80 bits per heavy atom. The van der Waals surface area contributed by atoms with E-state index in [2.05, 4.69) is 10.3 Å². The summed E-state index contributed by atoms with van der Waals surface area (Å²) in [6, 6.07) is 7.45. The van der Waals surface area contributed by atoms with Gasteiger partial charge in [0.25, 0.3) is 0 Å². The minimum absolute atomic E-state index is 0.00110. The standard InChI is InChI=1S/C16H20N2O2/c1-3-10-17-15(19)9-8-12-11(2)18-14-7-5-4-6-13(14)16(12)20/h4-7H,3,8-10H2,1-2H3,(H,17,19)(H,18,20). The first kappa shape index (κ1) is 14.3. The van der Waals surface area contributed by atoms with E-state index in [4.69, 9.17) is 0 Å². The van der Waals surface area contributed by atoms with Crippen LogP contribution in [0.3, 0.4) is 0 Å². The molecule has 0 radical (unpaired) electrons. The van der Waals surface area contributed by atoms with Gasteiger partial charge in [0.15, 0.2) is 5.43 Å². The van der Waals surface area contributed by atoms with Gasteiger partial charge in [-0.15, -0.1) is 0 Å². The minimum Gasteiger partial charge on any atom is -0.358 e. The van der Waals surface area contributed by atoms with Gasteiger partial charge in [-0.05, 0) is 31.9 Å². The second kappa shape index (κ2) is 6.37. The SMILES string of the molecule is CCCNC(=O)CCc1c(C)[nH]c2ccccc2c1=O. The third-order valence-electron chi connectivity index (χ3n) is 3.39. The molecule has 0 unspecified atom stereocenters. The number of nitrogens with one attached hydrogen (secondary N) is 2. The highest BCUT2D eigenvalue weighted by atomic mass is 16.1. The zero-order chi connectivity index (χ0) is 14.5. The monoisotopic (exact) mass is 272 g/mol. The second-order valence-corrected chi connectivity index (χ2v) is 4.95. The Labute approximate surface area is 118 Å². The average Bonchev–Trinajstić information content (AvgIpc) is 2.45. The molecule has 0 aliphatic rings. The van der Waals surface area contributed by atoms with E-state index in [0.29, 0.717) is 30.3 Å². The first-order chi connectivity index (χ1) is 9.63. The lowest BCUT2D eigenvalue weighted by molar-refractivity contribution is -0.121. The zero-order valence-electron chi connectivity index (χ0n) is 12.0. The fourth-order valence-corrected chi connectivity index (χ4v) is 2.29. The molecule has 0 atom stereocenters. The quantitative estimate of drug-likeness (QED) is 0.877. The summed E-state index contributed by atoms with van der Waals surface area (Å²) in [6.07, 6.45) is 1.74. The molecule has 4 heteroatoms. The van der Waals surface area contributed by atoms with Gasteiger partial charge < -0.3 is 10.3 Å². The van der Waals surface area contributed by atoms with Crippen LogP contribution >= 0.6 is 0 Å². The Balaban J connectivity index is 2.22. The smallest absolute Gasteiger partial charge is 0.220 e. The molecule has 2 rings (SSSR count). The number of H-pyrrole nitrogens is 1. The maximum Gasteiger partial charge on any atom is 0.220 e. The van der Waals surface area contributed by atoms with E-state index in [0.717, 1.165) is 17.6 Å². The molecule has 1 aromatic heterocycles. The molecule has 0 bridgehead atoms. The summed E-state index contributed by atoms with van der Waals surface area (Å²) in [6.45, 7) is 4.58. The lowest BCUT2D eigenvalue weighted by atomic mass is 10.0. The van der Waals surface area contributed by atoms with Crippen molar-refractivity contribution in [2.45, 2.75) is 33.1 Å². The predicted octanol–water partition coefficient (Wildman–Crippen LogP) is 2.30. The number of hydrogen-bond donors (Lipinski definition) is 2. The van der Waals surface area contributed by atoms with Crippen LogP contribution in [0, 0.1) is 6.92 Å². The molecular weight excluding hydrogens is 252 g/mol. The van der Waals surface area contributed by atoms with Gasteiger partial charge in [-0.2, -0.15) is 0 Å². The van der Waals surface area contributed by atoms with Crippen LogP contribution in [0.1, 0.15) is 31.0 Å². The van der Waals surface area contributed by atoms with Crippen molar-refractivity contribution in [2.75, 3.05) is 6.54 Å². The van der Waals surface area contributed by atoms with Crippen molar-refractivity contribution in [3.63, 3.8) is 0 Å². The molecule has 106 valence electrons. The van der Waals surface area contributed by atoms with Crippen LogP contribution in [0.4, 0.5) is 0 Å². The lowest BCUT2D eigenvalue weighted by Crippen LogP contribution is -2.25. The summed E-state index contributed by atoms with van der Waals surface area (Å²) in [5.74, 6) is -0.00110. The van der Waals surface area contributed by atoms with Crippen LogP contribution in [-0.4, -0.2) is 17.4 Å². The Kier molecular flexibility index (Phi) is 4.56. The molecule has 0 fully saturated rings. The Hall–Kier alpha value is -2.10. The fourth-order valence-electron chi connectivity index (χ4n) is 2.29. The number of aryl methyl sites for hydroxylation is 1. The van der Waals surface area contributed by atoms with Crippen LogP contribution in [0.2, 0.25) is 0 Å². The van der Waals surface area contributed by atoms with Crippen LogP contribution in [0.15, 0.2) is 29.1 Å². The third-order valence-corrected chi connectivity index (χ3v) is 3.39. The first-order valence-electron chi connectivity index (χ1n) is 7.00. The topological polar surface area (TPSA) is 62.0 Å². The van der Waals surface area contributed by atoms with Crippen molar-refractivity contribution in [1.82, 2.24) is 10.3 Å². The van der Waals surface area contributed by atoms with Crippen LogP contribution in [-0.2, 0) is 11.2 Å². The van der Waals surface area contributed by atoms with Crippen LogP contribution in [0.5, 0.6) is 0 Å². The molecule has 2 N–H and O–H groups in total. The number of carbonyl (C=O) groups excluding carboxylic acids is 1. The third kappa shape index (κ3) is 3.07. The van der Waals surface area contributed by atoms with E-state index < -0.39 is 0 Å². The van der Waals surface area contributed by atoms with Gasteiger partial charge in [-0.25, -0.2) is 0 Å². The van der Waals surface area contributed by atoms with Crippen molar-refractivity contribution in [2.24, 2.45) is 0 Å². The highest BCUT2D eigenvalue weighted by molar-refractivity contribution is 5.80. The molecule has 0 saturated heterocycles. The highest BCUT2D eigenvalue weighted by Gasteiger charge is 2.10. The van der Waals surface area contributed by atoms with Gasteiger partial charge in [0, 0.05) is 35.1 Å². The molecule has 20 heavy (non-hydrogen) atoms. The number of carbonyl (C=O) groups is 1. The summed E-state index contributed by atoms with van der Waals surface area (Å²) in [5.41, 5.74) is 2.42. The lowest BCUT2D eigenvalue weighted by Gasteiger charge is -2.08. The predicted molar refractivity (Wildman–Crippen MR) is 80.9 cm³/mol. The van der Waals surface area contributed by atoms with Crippen molar-refractivity contribution >= 4 is 16.8 Å². The number of fused-ring (bicyclic) bond motifs is 1. The number of hydrogen-bond acceptors (Lipinski definition) is 2. The number of para-hydroxylation sites is 1. The van der Waals surface area contributed by atoms with Crippen molar-refractivity contribution in [1.29, 1.82) is 0 Å². The van der Waals surface area contributed by atoms with E-state index in [1.807, 2.05) is 38.1 Å². The molecule has 1 amide bonds. The van der Waals surface area contributed by atoms with Crippen molar-refractivity contribution in [3.8, 4) is 0 Å². The fraction of sp³-hybridized carbons (Fsp3) is 0.375. The molecule has 0 spiro atoms. The second-order valence-electron chi connectivity index (χ2n) is 4.95. The van der Waals surface area contributed by atoms with Gasteiger partial charge in [0.2, 0.25) is 5.91 Å². The summed E-state index contributed by atoms with van der Waals surface area (Å²) < 4.78 is 0. The molecular formula is C16H20N2O2. The molecule has 1 heterocycles. The van der Waals surface area contributed by atoms with E-state index in [9.17, 15) is 9.59 Å². The Morgan fingerprint density at radius 2 is 2.05 bits per heavy atom. The summed E-state index contributed by atoms with van der Waals surface area (Å²) in [7, 11) is 0. The van der Waals surface area contributed by atoms with Gasteiger partial charge in [-0.3, -0.25) is 9.59 Å². The molecule has 0 saturated carbocycles. The minimum atomic E-state index is -0.00110. The van der Waals surface area contributed by atoms with Crippen molar-refractivity contribution < 1.29 is 4.79 Å². The Morgan fingerprint density at radius 1 is 1.30 bits per heavy atom. The van der Waals surface area contributed by atoms with Gasteiger partial charge in [-0.1, -0.05) is 19.1 Å². The average molecular weight is 272 g/mol.